The maximum absolute atomic E-state index is 13.9. The summed E-state index contributed by atoms with van der Waals surface area (Å²) in [6.45, 7) is 1.83. The zero-order valence-corrected chi connectivity index (χ0v) is 13.6. The Balaban J connectivity index is 2.33. The second-order valence-electron chi connectivity index (χ2n) is 4.89. The van der Waals surface area contributed by atoms with E-state index in [1.54, 1.807) is 31.2 Å². The Morgan fingerprint density at radius 2 is 1.87 bits per heavy atom. The molecular formula is C17H16FNO3S. The topological polar surface area (TPSA) is 46.6 Å². The largest absolute Gasteiger partial charge is 0.481 e. The minimum absolute atomic E-state index is 0.127. The van der Waals surface area contributed by atoms with Crippen LogP contribution in [0.2, 0.25) is 0 Å². The van der Waals surface area contributed by atoms with Crippen LogP contribution in [0, 0.1) is 25.1 Å². The van der Waals surface area contributed by atoms with E-state index < -0.39 is 15.8 Å². The summed E-state index contributed by atoms with van der Waals surface area (Å²) in [5.41, 5.74) is 1.05. The van der Waals surface area contributed by atoms with E-state index in [4.69, 9.17) is 11.2 Å². The van der Waals surface area contributed by atoms with Gasteiger partial charge in [0.25, 0.3) is 10.0 Å². The number of anilines is 1. The summed E-state index contributed by atoms with van der Waals surface area (Å²) in [4.78, 5) is -0.354. The molecule has 0 aliphatic rings. The Morgan fingerprint density at radius 3 is 2.48 bits per heavy atom. The van der Waals surface area contributed by atoms with Gasteiger partial charge in [-0.1, -0.05) is 12.0 Å². The molecule has 0 saturated heterocycles. The number of hydrogen-bond donors (Lipinski definition) is 0. The molecule has 0 fully saturated rings. The summed E-state index contributed by atoms with van der Waals surface area (Å²) in [7, 11) is -2.62. The van der Waals surface area contributed by atoms with E-state index in [-0.39, 0.29) is 11.5 Å². The predicted octanol–water partition coefficient (Wildman–Crippen LogP) is 2.97. The van der Waals surface area contributed by atoms with Crippen molar-refractivity contribution in [1.82, 2.24) is 0 Å². The number of sulfonamides is 1. The van der Waals surface area contributed by atoms with Gasteiger partial charge in [0.1, 0.15) is 23.1 Å². The number of halogens is 1. The van der Waals surface area contributed by atoms with Gasteiger partial charge in [-0.3, -0.25) is 4.31 Å². The zero-order valence-electron chi connectivity index (χ0n) is 12.8. The van der Waals surface area contributed by atoms with Crippen LogP contribution in [0.25, 0.3) is 0 Å². The first-order chi connectivity index (χ1) is 10.9. The van der Waals surface area contributed by atoms with Gasteiger partial charge in [-0.05, 0) is 48.9 Å². The number of benzene rings is 2. The van der Waals surface area contributed by atoms with Gasteiger partial charge >= 0.3 is 0 Å². The molecule has 0 radical (unpaired) electrons. The van der Waals surface area contributed by atoms with Crippen molar-refractivity contribution < 1.29 is 17.5 Å². The van der Waals surface area contributed by atoms with Crippen LogP contribution in [0.15, 0.2) is 47.4 Å². The quantitative estimate of drug-likeness (QED) is 0.790. The first-order valence-electron chi connectivity index (χ1n) is 6.77. The van der Waals surface area contributed by atoms with Crippen molar-refractivity contribution >= 4 is 15.7 Å². The lowest BCUT2D eigenvalue weighted by atomic mass is 10.2. The summed E-state index contributed by atoms with van der Waals surface area (Å²) in [5.74, 6) is 2.09. The maximum Gasteiger partial charge on any atom is 0.266 e. The van der Waals surface area contributed by atoms with E-state index in [9.17, 15) is 12.8 Å². The van der Waals surface area contributed by atoms with Crippen LogP contribution in [0.4, 0.5) is 10.1 Å². The molecule has 0 atom stereocenters. The van der Waals surface area contributed by atoms with E-state index in [1.165, 1.54) is 19.2 Å². The number of hydrogen-bond acceptors (Lipinski definition) is 3. The van der Waals surface area contributed by atoms with Gasteiger partial charge in [0, 0.05) is 7.05 Å². The molecule has 0 aliphatic heterocycles. The molecule has 0 amide bonds. The minimum Gasteiger partial charge on any atom is -0.481 e. The first kappa shape index (κ1) is 16.8. The van der Waals surface area contributed by atoms with Crippen molar-refractivity contribution in [2.24, 2.45) is 0 Å². The summed E-state index contributed by atoms with van der Waals surface area (Å²) in [6, 6.07) is 10.3. The van der Waals surface area contributed by atoms with Crippen LogP contribution in [0.1, 0.15) is 5.56 Å². The maximum atomic E-state index is 13.9. The number of aryl methyl sites for hydroxylation is 1. The number of nitrogens with zero attached hydrogens (tertiary/aromatic N) is 1. The lowest BCUT2D eigenvalue weighted by Gasteiger charge is -2.20. The molecule has 23 heavy (non-hydrogen) atoms. The molecule has 2 aromatic carbocycles. The van der Waals surface area contributed by atoms with E-state index in [0.29, 0.717) is 17.0 Å². The van der Waals surface area contributed by atoms with Crippen molar-refractivity contribution in [1.29, 1.82) is 0 Å². The normalized spacial score (nSPS) is 10.9. The van der Waals surface area contributed by atoms with Gasteiger partial charge in [0.2, 0.25) is 0 Å². The van der Waals surface area contributed by atoms with Crippen molar-refractivity contribution in [3.63, 3.8) is 0 Å². The highest BCUT2D eigenvalue weighted by Crippen LogP contribution is 2.26. The standard InChI is InChI=1S/C17H16FNO3S/c1-4-11-22-15-8-6-14(7-9-15)19(3)23(20,21)17-12-13(2)5-10-16(17)18/h1,5-10,12H,11H2,2-3H3. The third-order valence-corrected chi connectivity index (χ3v) is 5.05. The average Bonchev–Trinajstić information content (AvgIpc) is 2.54. The lowest BCUT2D eigenvalue weighted by molar-refractivity contribution is 0.370. The molecule has 0 aromatic heterocycles. The molecule has 6 heteroatoms. The number of rotatable bonds is 5. The third kappa shape index (κ3) is 3.63. The number of terminal acetylenes is 1. The fraction of sp³-hybridized carbons (Fsp3) is 0.176. The van der Waals surface area contributed by atoms with E-state index >= 15 is 0 Å². The summed E-state index contributed by atoms with van der Waals surface area (Å²) in [6.07, 6.45) is 5.10. The molecule has 0 bridgehead atoms. The number of ether oxygens (including phenoxy) is 1. The van der Waals surface area contributed by atoms with Gasteiger partial charge in [-0.15, -0.1) is 6.42 Å². The second-order valence-corrected chi connectivity index (χ2v) is 6.83. The van der Waals surface area contributed by atoms with E-state index in [1.807, 2.05) is 0 Å². The molecular weight excluding hydrogens is 317 g/mol. The molecule has 2 aromatic rings. The Morgan fingerprint density at radius 1 is 1.22 bits per heavy atom. The monoisotopic (exact) mass is 333 g/mol. The van der Waals surface area contributed by atoms with Crippen LogP contribution in [0.3, 0.4) is 0 Å². The van der Waals surface area contributed by atoms with Gasteiger partial charge in [0.15, 0.2) is 0 Å². The van der Waals surface area contributed by atoms with Gasteiger partial charge in [-0.25, -0.2) is 12.8 Å². The molecule has 0 heterocycles. The molecule has 0 unspecified atom stereocenters. The van der Waals surface area contributed by atoms with Crippen LogP contribution >= 0.6 is 0 Å². The third-order valence-electron chi connectivity index (χ3n) is 3.25. The van der Waals surface area contributed by atoms with Crippen LogP contribution < -0.4 is 9.04 Å². The molecule has 0 N–H and O–H groups in total. The fourth-order valence-corrected chi connectivity index (χ4v) is 3.32. The summed E-state index contributed by atoms with van der Waals surface area (Å²) in [5, 5.41) is 0. The van der Waals surface area contributed by atoms with Crippen molar-refractivity contribution in [3.8, 4) is 18.1 Å². The minimum atomic E-state index is -3.99. The Hall–Kier alpha value is -2.52. The fourth-order valence-electron chi connectivity index (χ4n) is 1.97. The highest BCUT2D eigenvalue weighted by atomic mass is 32.2. The molecule has 0 aliphatic carbocycles. The van der Waals surface area contributed by atoms with Gasteiger partial charge in [0.05, 0.1) is 5.69 Å². The summed E-state index contributed by atoms with van der Waals surface area (Å²) < 4.78 is 45.3. The molecule has 120 valence electrons. The highest BCUT2D eigenvalue weighted by molar-refractivity contribution is 7.92. The van der Waals surface area contributed by atoms with Crippen molar-refractivity contribution in [2.75, 3.05) is 18.0 Å². The van der Waals surface area contributed by atoms with Crippen molar-refractivity contribution in [3.05, 3.63) is 53.8 Å². The molecule has 2 rings (SSSR count). The average molecular weight is 333 g/mol. The lowest BCUT2D eigenvalue weighted by Crippen LogP contribution is -2.27. The zero-order chi connectivity index (χ0) is 17.0. The molecule has 0 spiro atoms. The van der Waals surface area contributed by atoms with E-state index in [0.717, 1.165) is 10.4 Å². The smallest absolute Gasteiger partial charge is 0.266 e. The predicted molar refractivity (Wildman–Crippen MR) is 87.5 cm³/mol. The Bertz CT molecular complexity index is 839. The second kappa shape index (κ2) is 6.71. The van der Waals surface area contributed by atoms with Crippen LogP contribution in [0.5, 0.6) is 5.75 Å². The van der Waals surface area contributed by atoms with E-state index in [2.05, 4.69) is 5.92 Å². The van der Waals surface area contributed by atoms with Crippen LogP contribution in [-0.2, 0) is 10.0 Å². The van der Waals surface area contributed by atoms with Gasteiger partial charge in [-0.2, -0.15) is 0 Å². The summed E-state index contributed by atoms with van der Waals surface area (Å²) >= 11 is 0. The molecule has 0 saturated carbocycles. The SMILES string of the molecule is C#CCOc1ccc(N(C)S(=O)(=O)c2cc(C)ccc2F)cc1. The highest BCUT2D eigenvalue weighted by Gasteiger charge is 2.25. The molecule has 4 nitrogen and oxygen atoms in total. The Kier molecular flexibility index (Phi) is 4.92. The first-order valence-corrected chi connectivity index (χ1v) is 8.21. The van der Waals surface area contributed by atoms with Crippen LogP contribution in [-0.4, -0.2) is 22.1 Å². The van der Waals surface area contributed by atoms with Gasteiger partial charge < -0.3 is 4.74 Å². The van der Waals surface area contributed by atoms with Crippen molar-refractivity contribution in [2.45, 2.75) is 11.8 Å². The Labute approximate surface area is 135 Å².